The third-order valence-electron chi connectivity index (χ3n) is 5.98. The number of rotatable bonds is 2. The van der Waals surface area contributed by atoms with E-state index in [1.807, 2.05) is 6.92 Å². The summed E-state index contributed by atoms with van der Waals surface area (Å²) in [5.74, 6) is 0.555. The molecule has 0 fully saturated rings. The van der Waals surface area contributed by atoms with E-state index in [1.54, 1.807) is 4.68 Å². The molecule has 2 aliphatic carbocycles. The van der Waals surface area contributed by atoms with Crippen LogP contribution in [0.2, 0.25) is 0 Å². The summed E-state index contributed by atoms with van der Waals surface area (Å²) in [7, 11) is -3.55. The Hall–Kier alpha value is -2.46. The average Bonchev–Trinajstić information content (AvgIpc) is 3.37. The average molecular weight is 434 g/mol. The summed E-state index contributed by atoms with van der Waals surface area (Å²) in [4.78, 5) is 12.8. The van der Waals surface area contributed by atoms with Crippen LogP contribution in [0.25, 0.3) is 0 Å². The zero-order valence-electron chi connectivity index (χ0n) is 16.7. The molecule has 0 saturated carbocycles. The molecule has 0 bridgehead atoms. The fraction of sp³-hybridized carbons (Fsp3) is 0.500. The lowest BCUT2D eigenvalue weighted by Gasteiger charge is -2.21. The predicted molar refractivity (Wildman–Crippen MR) is 110 cm³/mol. The minimum atomic E-state index is -3.55. The first-order valence-corrected chi connectivity index (χ1v) is 11.7. The second-order valence-corrected chi connectivity index (χ2v) is 10.1. The molecule has 3 atom stereocenters. The first-order valence-electron chi connectivity index (χ1n) is 10.2. The highest BCUT2D eigenvalue weighted by Gasteiger charge is 2.30. The molecular weight excluding hydrogens is 409 g/mol. The summed E-state index contributed by atoms with van der Waals surface area (Å²) < 4.78 is 38.1. The van der Waals surface area contributed by atoms with Crippen molar-refractivity contribution < 1.29 is 18.1 Å². The number of carbonyl (C=O) groups excluding carboxylic acids is 1. The van der Waals surface area contributed by atoms with Gasteiger partial charge in [0.15, 0.2) is 9.92 Å². The van der Waals surface area contributed by atoms with Gasteiger partial charge in [0, 0.05) is 24.4 Å². The van der Waals surface area contributed by atoms with Crippen molar-refractivity contribution in [1.82, 2.24) is 9.78 Å². The van der Waals surface area contributed by atoms with Crippen molar-refractivity contribution in [2.75, 3.05) is 11.9 Å². The van der Waals surface area contributed by atoms with E-state index in [-0.39, 0.29) is 17.2 Å². The van der Waals surface area contributed by atoms with E-state index >= 15 is 0 Å². The normalized spacial score (nSPS) is 23.7. The van der Waals surface area contributed by atoms with Crippen LogP contribution in [0.5, 0.6) is 5.88 Å². The number of nitrogens with zero attached hydrogens (tertiary/aromatic N) is 3. The van der Waals surface area contributed by atoms with Gasteiger partial charge in [0.05, 0.1) is 19.3 Å². The van der Waals surface area contributed by atoms with Gasteiger partial charge in [-0.3, -0.25) is 0 Å². The number of amides is 2. The number of nitrogens with one attached hydrogen (secondary N) is 1. The predicted octanol–water partition coefficient (Wildman–Crippen LogP) is 2.77. The summed E-state index contributed by atoms with van der Waals surface area (Å²) in [5, 5.41) is 12.9. The van der Waals surface area contributed by atoms with Crippen LogP contribution < -0.4 is 15.2 Å². The molecule has 0 spiro atoms. The maximum absolute atomic E-state index is 14.0. The van der Waals surface area contributed by atoms with E-state index < -0.39 is 22.1 Å². The molecular formula is C20H24FN5O3S. The molecule has 8 nitrogen and oxygen atoms in total. The van der Waals surface area contributed by atoms with Crippen LogP contribution in [0.1, 0.15) is 35.6 Å². The van der Waals surface area contributed by atoms with Crippen LogP contribution in [0.3, 0.4) is 0 Å². The van der Waals surface area contributed by atoms with Crippen molar-refractivity contribution in [2.24, 2.45) is 15.4 Å². The number of nitrogens with two attached hydrogens (primary N) is 1. The van der Waals surface area contributed by atoms with Gasteiger partial charge in [-0.2, -0.15) is 5.10 Å². The number of hydrogen-bond donors (Lipinski definition) is 2. The monoisotopic (exact) mass is 433 g/mol. The first kappa shape index (κ1) is 19.5. The summed E-state index contributed by atoms with van der Waals surface area (Å²) in [5.41, 5.74) is 4.52. The SMILES string of the molecule is C[C@@H]1COc2c([S@](N)(=O)=NC(=O)Nc3c4c(cc5c3C[C@H](F)C5)CCC4)cnn2C1. The molecule has 2 heterocycles. The number of aromatic nitrogens is 2. The Bertz CT molecular complexity index is 1170. The Kier molecular flexibility index (Phi) is 4.59. The van der Waals surface area contributed by atoms with Gasteiger partial charge in [0.25, 0.3) is 0 Å². The van der Waals surface area contributed by atoms with Gasteiger partial charge >= 0.3 is 6.03 Å². The Morgan fingerprint density at radius 2 is 2.20 bits per heavy atom. The van der Waals surface area contributed by atoms with Gasteiger partial charge in [-0.25, -0.2) is 23.2 Å². The van der Waals surface area contributed by atoms with E-state index in [0.717, 1.165) is 41.5 Å². The number of hydrogen-bond acceptors (Lipinski definition) is 4. The fourth-order valence-electron chi connectivity index (χ4n) is 4.65. The van der Waals surface area contributed by atoms with E-state index in [0.29, 0.717) is 31.1 Å². The first-order chi connectivity index (χ1) is 14.3. The Morgan fingerprint density at radius 3 is 3.03 bits per heavy atom. The number of ether oxygens (including phenoxy) is 1. The number of fused-ring (bicyclic) bond motifs is 3. The topological polar surface area (TPSA) is 112 Å². The van der Waals surface area contributed by atoms with E-state index in [9.17, 15) is 13.4 Å². The molecule has 30 heavy (non-hydrogen) atoms. The standard InChI is InChI=1S/C20H24FN5O3S/c1-11-9-26-19(29-10-11)17(8-23-26)30(22,28)25-20(27)24-18-15-4-2-3-12(15)5-13-6-14(21)7-16(13)18/h5,8,11,14H,2-4,6-7,9-10H2,1H3,(H3,22,24,25,27,28)/t11-,14+,30+/m0/s1. The molecule has 160 valence electrons. The third-order valence-corrected chi connectivity index (χ3v) is 7.33. The molecule has 1 aliphatic heterocycles. The van der Waals surface area contributed by atoms with Crippen molar-refractivity contribution in [3.63, 3.8) is 0 Å². The minimum Gasteiger partial charge on any atom is -0.477 e. The number of carbonyl (C=O) groups is 1. The van der Waals surface area contributed by atoms with Crippen molar-refractivity contribution in [2.45, 2.75) is 56.6 Å². The molecule has 3 N–H and O–H groups in total. The van der Waals surface area contributed by atoms with Crippen LogP contribution in [0.15, 0.2) is 21.5 Å². The maximum Gasteiger partial charge on any atom is 0.354 e. The number of aryl methyl sites for hydroxylation is 1. The lowest BCUT2D eigenvalue weighted by Crippen LogP contribution is -2.25. The van der Waals surface area contributed by atoms with Gasteiger partial charge in [0.2, 0.25) is 5.88 Å². The number of alkyl halides is 1. The lowest BCUT2D eigenvalue weighted by molar-refractivity contribution is 0.171. The Morgan fingerprint density at radius 1 is 1.37 bits per heavy atom. The van der Waals surface area contributed by atoms with Crippen LogP contribution >= 0.6 is 0 Å². The zero-order valence-corrected chi connectivity index (χ0v) is 17.5. The molecule has 0 radical (unpaired) electrons. The Labute approximate surface area is 174 Å². The van der Waals surface area contributed by atoms with Gasteiger partial charge in [0.1, 0.15) is 11.1 Å². The maximum atomic E-state index is 14.0. The smallest absolute Gasteiger partial charge is 0.354 e. The second kappa shape index (κ2) is 7.05. The van der Waals surface area contributed by atoms with Gasteiger partial charge in [-0.05, 0) is 41.5 Å². The van der Waals surface area contributed by atoms with Gasteiger partial charge < -0.3 is 10.1 Å². The van der Waals surface area contributed by atoms with Gasteiger partial charge in [-0.1, -0.05) is 13.0 Å². The van der Waals surface area contributed by atoms with E-state index in [2.05, 4.69) is 20.8 Å². The largest absolute Gasteiger partial charge is 0.477 e. The molecule has 3 aliphatic rings. The molecule has 2 aromatic rings. The summed E-state index contributed by atoms with van der Waals surface area (Å²) in [6, 6.07) is 1.25. The second-order valence-electron chi connectivity index (χ2n) is 8.39. The Balaban J connectivity index is 1.47. The highest BCUT2D eigenvalue weighted by atomic mass is 32.2. The molecule has 10 heteroatoms. The van der Waals surface area contributed by atoms with Crippen molar-refractivity contribution in [3.8, 4) is 5.88 Å². The summed E-state index contributed by atoms with van der Waals surface area (Å²) >= 11 is 0. The van der Waals surface area contributed by atoms with E-state index in [1.165, 1.54) is 6.20 Å². The zero-order chi connectivity index (χ0) is 21.0. The van der Waals surface area contributed by atoms with Crippen LogP contribution in [0, 0.1) is 5.92 Å². The number of anilines is 1. The number of urea groups is 1. The minimum absolute atomic E-state index is 0.108. The molecule has 0 saturated heterocycles. The molecule has 1 aromatic heterocycles. The number of halogens is 1. The third kappa shape index (κ3) is 3.27. The molecule has 1 aromatic carbocycles. The fourth-order valence-corrected chi connectivity index (χ4v) is 5.66. The lowest BCUT2D eigenvalue weighted by atomic mass is 9.99. The van der Waals surface area contributed by atoms with Crippen molar-refractivity contribution in [1.29, 1.82) is 0 Å². The molecule has 5 rings (SSSR count). The van der Waals surface area contributed by atoms with Gasteiger partial charge in [-0.15, -0.1) is 4.36 Å². The van der Waals surface area contributed by atoms with E-state index in [4.69, 9.17) is 9.88 Å². The number of benzene rings is 1. The van der Waals surface area contributed by atoms with Crippen LogP contribution in [-0.2, 0) is 42.1 Å². The van der Waals surface area contributed by atoms with Crippen molar-refractivity contribution >= 4 is 21.6 Å². The van der Waals surface area contributed by atoms with Crippen LogP contribution in [0.4, 0.5) is 14.9 Å². The summed E-state index contributed by atoms with van der Waals surface area (Å²) in [6.07, 6.45) is 3.73. The molecule has 2 amide bonds. The van der Waals surface area contributed by atoms with Crippen LogP contribution in [-0.4, -0.2) is 32.8 Å². The summed E-state index contributed by atoms with van der Waals surface area (Å²) in [6.45, 7) is 3.08. The highest BCUT2D eigenvalue weighted by Crippen LogP contribution is 2.39. The molecule has 0 unspecified atom stereocenters. The highest BCUT2D eigenvalue weighted by molar-refractivity contribution is 7.91. The van der Waals surface area contributed by atoms with Crippen molar-refractivity contribution in [3.05, 3.63) is 34.5 Å². The quantitative estimate of drug-likeness (QED) is 0.758.